The molecular formula is C18H14ClNO. The van der Waals surface area contributed by atoms with Crippen LogP contribution >= 0.6 is 11.6 Å². The summed E-state index contributed by atoms with van der Waals surface area (Å²) in [5, 5.41) is 5.81. The molecular weight excluding hydrogens is 282 g/mol. The van der Waals surface area contributed by atoms with Crippen LogP contribution in [0.25, 0.3) is 10.8 Å². The summed E-state index contributed by atoms with van der Waals surface area (Å²) < 4.78 is 0. The van der Waals surface area contributed by atoms with Crippen LogP contribution in [-0.2, 0) is 11.2 Å². The molecule has 1 amide bonds. The highest BCUT2D eigenvalue weighted by Gasteiger charge is 2.06. The molecule has 3 heteroatoms. The van der Waals surface area contributed by atoms with Gasteiger partial charge in [0.1, 0.15) is 0 Å². The third kappa shape index (κ3) is 3.23. The fourth-order valence-corrected chi connectivity index (χ4v) is 2.44. The van der Waals surface area contributed by atoms with Gasteiger partial charge in [0.25, 0.3) is 0 Å². The predicted octanol–water partition coefficient (Wildman–Crippen LogP) is 4.67. The molecule has 0 saturated heterocycles. The predicted molar refractivity (Wildman–Crippen MR) is 87.7 cm³/mol. The van der Waals surface area contributed by atoms with Crippen molar-refractivity contribution in [3.63, 3.8) is 0 Å². The third-order valence-corrected chi connectivity index (χ3v) is 3.59. The number of carbonyl (C=O) groups is 1. The van der Waals surface area contributed by atoms with E-state index in [0.717, 1.165) is 22.0 Å². The molecule has 21 heavy (non-hydrogen) atoms. The molecule has 1 N–H and O–H groups in total. The van der Waals surface area contributed by atoms with Gasteiger partial charge in [0.2, 0.25) is 5.91 Å². The Bertz CT molecular complexity index is 775. The lowest BCUT2D eigenvalue weighted by Crippen LogP contribution is -2.14. The van der Waals surface area contributed by atoms with Crippen LogP contribution in [0, 0.1) is 0 Å². The first-order chi connectivity index (χ1) is 10.2. The second-order valence-electron chi connectivity index (χ2n) is 4.88. The van der Waals surface area contributed by atoms with Crippen molar-refractivity contribution in [2.24, 2.45) is 0 Å². The summed E-state index contributed by atoms with van der Waals surface area (Å²) >= 11 is 5.84. The number of benzene rings is 3. The standard InChI is InChI=1S/C18H14ClNO/c19-15-10-8-13(9-11-15)12-18(21)20-17-7-3-5-14-4-1-2-6-16(14)17/h1-11H,12H2,(H,20,21). The topological polar surface area (TPSA) is 29.1 Å². The first-order valence-electron chi connectivity index (χ1n) is 6.74. The Morgan fingerprint density at radius 2 is 1.62 bits per heavy atom. The summed E-state index contributed by atoms with van der Waals surface area (Å²) in [5.41, 5.74) is 1.78. The van der Waals surface area contributed by atoms with Crippen molar-refractivity contribution in [1.82, 2.24) is 0 Å². The van der Waals surface area contributed by atoms with Crippen molar-refractivity contribution in [3.8, 4) is 0 Å². The molecule has 0 bridgehead atoms. The first kappa shape index (κ1) is 13.7. The van der Waals surface area contributed by atoms with Crippen molar-refractivity contribution in [2.75, 3.05) is 5.32 Å². The van der Waals surface area contributed by atoms with Gasteiger partial charge in [0.15, 0.2) is 0 Å². The fourth-order valence-electron chi connectivity index (χ4n) is 2.32. The van der Waals surface area contributed by atoms with Crippen LogP contribution in [-0.4, -0.2) is 5.91 Å². The van der Waals surface area contributed by atoms with Gasteiger partial charge in [-0.3, -0.25) is 4.79 Å². The average molecular weight is 296 g/mol. The second-order valence-corrected chi connectivity index (χ2v) is 5.31. The van der Waals surface area contributed by atoms with Crippen molar-refractivity contribution in [1.29, 1.82) is 0 Å². The number of fused-ring (bicyclic) bond motifs is 1. The minimum atomic E-state index is -0.0336. The summed E-state index contributed by atoms with van der Waals surface area (Å²) in [6, 6.07) is 21.2. The molecule has 0 aliphatic rings. The van der Waals surface area contributed by atoms with Crippen LogP contribution < -0.4 is 5.32 Å². The highest BCUT2D eigenvalue weighted by molar-refractivity contribution is 6.30. The zero-order valence-corrected chi connectivity index (χ0v) is 12.1. The number of carbonyl (C=O) groups excluding carboxylic acids is 1. The summed E-state index contributed by atoms with van der Waals surface area (Å²) in [4.78, 5) is 12.2. The Kier molecular flexibility index (Phi) is 3.89. The molecule has 2 nitrogen and oxygen atoms in total. The van der Waals surface area contributed by atoms with Gasteiger partial charge in [-0.25, -0.2) is 0 Å². The second kappa shape index (κ2) is 5.98. The van der Waals surface area contributed by atoms with E-state index in [-0.39, 0.29) is 5.91 Å². The number of nitrogens with one attached hydrogen (secondary N) is 1. The minimum Gasteiger partial charge on any atom is -0.325 e. The number of amides is 1. The van der Waals surface area contributed by atoms with Gasteiger partial charge in [-0.05, 0) is 29.1 Å². The van der Waals surface area contributed by atoms with Crippen LogP contribution in [0.3, 0.4) is 0 Å². The van der Waals surface area contributed by atoms with Crippen LogP contribution in [0.1, 0.15) is 5.56 Å². The molecule has 3 aromatic rings. The van der Waals surface area contributed by atoms with E-state index in [0.29, 0.717) is 11.4 Å². The first-order valence-corrected chi connectivity index (χ1v) is 7.12. The number of halogens is 1. The molecule has 104 valence electrons. The van der Waals surface area contributed by atoms with E-state index in [2.05, 4.69) is 5.32 Å². The average Bonchev–Trinajstić information content (AvgIpc) is 2.50. The fraction of sp³-hybridized carbons (Fsp3) is 0.0556. The smallest absolute Gasteiger partial charge is 0.228 e. The molecule has 0 saturated carbocycles. The van der Waals surface area contributed by atoms with Gasteiger partial charge in [0, 0.05) is 16.1 Å². The number of anilines is 1. The normalized spacial score (nSPS) is 10.5. The molecule has 0 atom stereocenters. The molecule has 3 aromatic carbocycles. The maximum absolute atomic E-state index is 12.2. The van der Waals surface area contributed by atoms with Gasteiger partial charge in [-0.1, -0.05) is 60.1 Å². The van der Waals surface area contributed by atoms with Crippen molar-refractivity contribution in [2.45, 2.75) is 6.42 Å². The van der Waals surface area contributed by atoms with Gasteiger partial charge >= 0.3 is 0 Å². The lowest BCUT2D eigenvalue weighted by Gasteiger charge is -2.09. The van der Waals surface area contributed by atoms with Crippen molar-refractivity contribution >= 4 is 34.0 Å². The van der Waals surface area contributed by atoms with Crippen LogP contribution in [0.2, 0.25) is 5.02 Å². The lowest BCUT2D eigenvalue weighted by atomic mass is 10.1. The Morgan fingerprint density at radius 1 is 0.905 bits per heavy atom. The summed E-state index contributed by atoms with van der Waals surface area (Å²) in [5.74, 6) is -0.0336. The molecule has 0 unspecified atom stereocenters. The SMILES string of the molecule is O=C(Cc1ccc(Cl)cc1)Nc1cccc2ccccc12. The summed E-state index contributed by atoms with van der Waals surface area (Å²) in [6.45, 7) is 0. The molecule has 0 heterocycles. The minimum absolute atomic E-state index is 0.0336. The van der Waals surface area contributed by atoms with Crippen LogP contribution in [0.5, 0.6) is 0 Å². The van der Waals surface area contributed by atoms with E-state index in [4.69, 9.17) is 11.6 Å². The van der Waals surface area contributed by atoms with E-state index in [1.807, 2.05) is 54.6 Å². The van der Waals surface area contributed by atoms with E-state index < -0.39 is 0 Å². The zero-order valence-electron chi connectivity index (χ0n) is 11.3. The van der Waals surface area contributed by atoms with Gasteiger partial charge in [-0.2, -0.15) is 0 Å². The number of rotatable bonds is 3. The Labute approximate surface area is 128 Å². The molecule has 0 aliphatic heterocycles. The van der Waals surface area contributed by atoms with Crippen molar-refractivity contribution < 1.29 is 4.79 Å². The van der Waals surface area contributed by atoms with Gasteiger partial charge in [0.05, 0.1) is 6.42 Å². The van der Waals surface area contributed by atoms with Crippen molar-refractivity contribution in [3.05, 3.63) is 77.3 Å². The van der Waals surface area contributed by atoms with E-state index in [1.165, 1.54) is 0 Å². The Hall–Kier alpha value is -2.32. The zero-order chi connectivity index (χ0) is 14.7. The van der Waals surface area contributed by atoms with Gasteiger partial charge in [-0.15, -0.1) is 0 Å². The highest BCUT2D eigenvalue weighted by Crippen LogP contribution is 2.23. The third-order valence-electron chi connectivity index (χ3n) is 3.34. The van der Waals surface area contributed by atoms with Crippen LogP contribution in [0.15, 0.2) is 66.7 Å². The van der Waals surface area contributed by atoms with E-state index in [1.54, 1.807) is 12.1 Å². The molecule has 0 aromatic heterocycles. The monoisotopic (exact) mass is 295 g/mol. The molecule has 3 rings (SSSR count). The molecule has 0 fully saturated rings. The molecule has 0 radical (unpaired) electrons. The van der Waals surface area contributed by atoms with E-state index in [9.17, 15) is 4.79 Å². The van der Waals surface area contributed by atoms with Gasteiger partial charge < -0.3 is 5.32 Å². The van der Waals surface area contributed by atoms with Crippen LogP contribution in [0.4, 0.5) is 5.69 Å². The van der Waals surface area contributed by atoms with E-state index >= 15 is 0 Å². The maximum Gasteiger partial charge on any atom is 0.228 e. The quantitative estimate of drug-likeness (QED) is 0.747. The summed E-state index contributed by atoms with van der Waals surface area (Å²) in [7, 11) is 0. The molecule has 0 aliphatic carbocycles. The Morgan fingerprint density at radius 3 is 2.43 bits per heavy atom. The number of hydrogen-bond donors (Lipinski definition) is 1. The number of hydrogen-bond acceptors (Lipinski definition) is 1. The highest BCUT2D eigenvalue weighted by atomic mass is 35.5. The maximum atomic E-state index is 12.2. The Balaban J connectivity index is 1.79. The largest absolute Gasteiger partial charge is 0.325 e. The molecule has 0 spiro atoms. The lowest BCUT2D eigenvalue weighted by molar-refractivity contribution is -0.115. The summed E-state index contributed by atoms with van der Waals surface area (Å²) in [6.07, 6.45) is 0.334.